The van der Waals surface area contributed by atoms with Gasteiger partial charge in [-0.25, -0.2) is 0 Å². The van der Waals surface area contributed by atoms with E-state index in [1.165, 1.54) is 12.8 Å². The van der Waals surface area contributed by atoms with Crippen LogP contribution in [-0.2, 0) is 9.53 Å². The molecule has 4 nitrogen and oxygen atoms in total. The Bertz CT molecular complexity index is 336. The van der Waals surface area contributed by atoms with Gasteiger partial charge in [-0.2, -0.15) is 5.26 Å². The van der Waals surface area contributed by atoms with E-state index in [0.29, 0.717) is 13.0 Å². The zero-order valence-electron chi connectivity index (χ0n) is 11.2. The van der Waals surface area contributed by atoms with Crippen molar-refractivity contribution in [3.05, 3.63) is 0 Å². The first-order valence-electron chi connectivity index (χ1n) is 6.95. The molecule has 100 valence electrons. The number of nitrogens with zero attached hydrogens (tertiary/aromatic N) is 2. The van der Waals surface area contributed by atoms with E-state index in [1.54, 1.807) is 0 Å². The van der Waals surface area contributed by atoms with Gasteiger partial charge in [0.1, 0.15) is 0 Å². The van der Waals surface area contributed by atoms with E-state index >= 15 is 0 Å². The molecular weight excluding hydrogens is 228 g/mol. The third kappa shape index (κ3) is 3.23. The number of likely N-dealkylation sites (tertiary alicyclic amines) is 1. The molecule has 0 unspecified atom stereocenters. The van der Waals surface area contributed by atoms with Crippen molar-refractivity contribution in [3.8, 4) is 6.07 Å². The molecule has 4 heteroatoms. The average Bonchev–Trinajstić information content (AvgIpc) is 3.10. The molecule has 0 amide bonds. The number of hydrogen-bond acceptors (Lipinski definition) is 4. The third-order valence-corrected chi connectivity index (χ3v) is 4.18. The second-order valence-corrected chi connectivity index (χ2v) is 5.64. The highest BCUT2D eigenvalue weighted by Gasteiger charge is 2.44. The van der Waals surface area contributed by atoms with Crippen molar-refractivity contribution in [1.82, 2.24) is 4.90 Å². The normalized spacial score (nSPS) is 23.3. The molecule has 2 fully saturated rings. The fourth-order valence-electron chi connectivity index (χ4n) is 2.80. The minimum atomic E-state index is -0.0321. The van der Waals surface area contributed by atoms with Gasteiger partial charge in [0, 0.05) is 13.0 Å². The van der Waals surface area contributed by atoms with Crippen LogP contribution in [0.4, 0.5) is 0 Å². The van der Waals surface area contributed by atoms with E-state index in [9.17, 15) is 4.79 Å². The van der Waals surface area contributed by atoms with E-state index in [2.05, 4.69) is 11.0 Å². The molecule has 0 spiro atoms. The number of rotatable bonds is 5. The maximum atomic E-state index is 11.6. The van der Waals surface area contributed by atoms with E-state index in [4.69, 9.17) is 10.00 Å². The summed E-state index contributed by atoms with van der Waals surface area (Å²) in [6.07, 6.45) is 4.88. The summed E-state index contributed by atoms with van der Waals surface area (Å²) in [5, 5.41) is 8.82. The van der Waals surface area contributed by atoms with Crippen molar-refractivity contribution in [1.29, 1.82) is 5.26 Å². The maximum Gasteiger partial charge on any atom is 0.309 e. The van der Waals surface area contributed by atoms with Crippen molar-refractivity contribution in [2.24, 2.45) is 11.3 Å². The first kappa shape index (κ1) is 13.4. The quantitative estimate of drug-likeness (QED) is 0.700. The van der Waals surface area contributed by atoms with Gasteiger partial charge in [0.15, 0.2) is 0 Å². The summed E-state index contributed by atoms with van der Waals surface area (Å²) in [6.45, 7) is 5.31. The Labute approximate surface area is 109 Å². The Morgan fingerprint density at radius 2 is 2.11 bits per heavy atom. The van der Waals surface area contributed by atoms with Gasteiger partial charge in [-0.05, 0) is 51.1 Å². The molecular formula is C14H22N2O2. The smallest absolute Gasteiger partial charge is 0.309 e. The van der Waals surface area contributed by atoms with Crippen LogP contribution in [0.2, 0.25) is 0 Å². The number of ether oxygens (including phenoxy) is 1. The topological polar surface area (TPSA) is 53.3 Å². The molecule has 1 heterocycles. The minimum Gasteiger partial charge on any atom is -0.466 e. The average molecular weight is 250 g/mol. The zero-order chi connectivity index (χ0) is 13.0. The van der Waals surface area contributed by atoms with Crippen LogP contribution in [0.3, 0.4) is 0 Å². The van der Waals surface area contributed by atoms with Gasteiger partial charge >= 0.3 is 5.97 Å². The number of carbonyl (C=O) groups excluding carboxylic acids is 1. The van der Waals surface area contributed by atoms with Crippen LogP contribution < -0.4 is 0 Å². The first-order chi connectivity index (χ1) is 8.69. The summed E-state index contributed by atoms with van der Waals surface area (Å²) in [7, 11) is 0. The van der Waals surface area contributed by atoms with E-state index in [0.717, 1.165) is 32.5 Å². The summed E-state index contributed by atoms with van der Waals surface area (Å²) >= 11 is 0. The molecule has 0 aromatic rings. The first-order valence-corrected chi connectivity index (χ1v) is 6.95. The van der Waals surface area contributed by atoms with Crippen LogP contribution in [-0.4, -0.2) is 37.1 Å². The number of nitriles is 1. The lowest BCUT2D eigenvalue weighted by molar-refractivity contribution is -0.149. The van der Waals surface area contributed by atoms with Gasteiger partial charge in [0.25, 0.3) is 0 Å². The Morgan fingerprint density at radius 3 is 2.61 bits per heavy atom. The molecule has 0 atom stereocenters. The predicted octanol–water partition coefficient (Wildman–Crippen LogP) is 1.96. The second-order valence-electron chi connectivity index (χ2n) is 5.64. The molecule has 18 heavy (non-hydrogen) atoms. The van der Waals surface area contributed by atoms with E-state index in [1.807, 2.05) is 6.92 Å². The Kier molecular flexibility index (Phi) is 4.23. The maximum absolute atomic E-state index is 11.6. The molecule has 0 radical (unpaired) electrons. The summed E-state index contributed by atoms with van der Waals surface area (Å²) in [5.74, 6) is 0.0580. The number of carbonyl (C=O) groups is 1. The highest BCUT2D eigenvalue weighted by atomic mass is 16.5. The zero-order valence-corrected chi connectivity index (χ0v) is 11.2. The number of esters is 1. The standard InChI is InChI=1S/C14H22N2O2/c1-2-18-13(17)12-3-9-16(10-4-12)11-14(5-6-14)7-8-15/h12H,2-7,9-11H2,1H3. The molecule has 0 N–H and O–H groups in total. The molecule has 0 bridgehead atoms. The molecule has 1 saturated carbocycles. The largest absolute Gasteiger partial charge is 0.466 e. The summed E-state index contributed by atoms with van der Waals surface area (Å²) in [4.78, 5) is 14.0. The molecule has 1 aliphatic carbocycles. The van der Waals surface area contributed by atoms with Gasteiger partial charge in [0.2, 0.25) is 0 Å². The van der Waals surface area contributed by atoms with Gasteiger partial charge in [-0.3, -0.25) is 4.79 Å². The Morgan fingerprint density at radius 1 is 1.44 bits per heavy atom. The van der Waals surface area contributed by atoms with Gasteiger partial charge < -0.3 is 9.64 Å². The highest BCUT2D eigenvalue weighted by molar-refractivity contribution is 5.72. The lowest BCUT2D eigenvalue weighted by atomic mass is 9.95. The molecule has 1 aliphatic heterocycles. The van der Waals surface area contributed by atoms with Gasteiger partial charge in [-0.1, -0.05) is 0 Å². The van der Waals surface area contributed by atoms with Crippen molar-refractivity contribution in [3.63, 3.8) is 0 Å². The number of piperidine rings is 1. The van der Waals surface area contributed by atoms with Crippen LogP contribution in [0.15, 0.2) is 0 Å². The van der Waals surface area contributed by atoms with Crippen molar-refractivity contribution in [2.75, 3.05) is 26.2 Å². The fraction of sp³-hybridized carbons (Fsp3) is 0.857. The monoisotopic (exact) mass is 250 g/mol. The highest BCUT2D eigenvalue weighted by Crippen LogP contribution is 2.49. The SMILES string of the molecule is CCOC(=O)C1CCN(CC2(CC#N)CC2)CC1. The second kappa shape index (κ2) is 5.71. The molecule has 1 saturated heterocycles. The van der Waals surface area contributed by atoms with E-state index in [-0.39, 0.29) is 17.3 Å². The van der Waals surface area contributed by atoms with Crippen molar-refractivity contribution < 1.29 is 9.53 Å². The lowest BCUT2D eigenvalue weighted by Gasteiger charge is -2.33. The van der Waals surface area contributed by atoms with Crippen molar-refractivity contribution >= 4 is 5.97 Å². The molecule has 0 aromatic carbocycles. The van der Waals surface area contributed by atoms with Gasteiger partial charge in [0.05, 0.1) is 18.6 Å². The van der Waals surface area contributed by atoms with Crippen LogP contribution in [0, 0.1) is 22.7 Å². The number of hydrogen-bond donors (Lipinski definition) is 0. The fourth-order valence-corrected chi connectivity index (χ4v) is 2.80. The van der Waals surface area contributed by atoms with Crippen molar-refractivity contribution in [2.45, 2.75) is 39.0 Å². The Balaban J connectivity index is 1.74. The molecule has 2 rings (SSSR count). The molecule has 2 aliphatic rings. The van der Waals surface area contributed by atoms with Crippen LogP contribution in [0.1, 0.15) is 39.0 Å². The summed E-state index contributed by atoms with van der Waals surface area (Å²) in [6, 6.07) is 2.30. The van der Waals surface area contributed by atoms with Crippen LogP contribution >= 0.6 is 0 Å². The predicted molar refractivity (Wildman–Crippen MR) is 67.7 cm³/mol. The third-order valence-electron chi connectivity index (χ3n) is 4.18. The van der Waals surface area contributed by atoms with Crippen LogP contribution in [0.25, 0.3) is 0 Å². The lowest BCUT2D eigenvalue weighted by Crippen LogP contribution is -2.40. The Hall–Kier alpha value is -1.08. The van der Waals surface area contributed by atoms with Crippen LogP contribution in [0.5, 0.6) is 0 Å². The summed E-state index contributed by atoms with van der Waals surface area (Å²) < 4.78 is 5.07. The summed E-state index contributed by atoms with van der Waals surface area (Å²) in [5.41, 5.74) is 0.283. The van der Waals surface area contributed by atoms with Gasteiger partial charge in [-0.15, -0.1) is 0 Å². The molecule has 0 aromatic heterocycles. The minimum absolute atomic E-state index is 0.0321. The van der Waals surface area contributed by atoms with E-state index < -0.39 is 0 Å².